The van der Waals surface area contributed by atoms with Crippen LogP contribution >= 0.6 is 12.4 Å². The summed E-state index contributed by atoms with van der Waals surface area (Å²) in [7, 11) is -3.10. The molecule has 2 amide bonds. The number of amides is 2. The minimum Gasteiger partial charge on any atom is -0.457 e. The van der Waals surface area contributed by atoms with Gasteiger partial charge < -0.3 is 15.0 Å². The van der Waals surface area contributed by atoms with Gasteiger partial charge in [0.2, 0.25) is 0 Å². The Morgan fingerprint density at radius 2 is 1.52 bits per heavy atom. The van der Waals surface area contributed by atoms with Gasteiger partial charge in [-0.25, -0.2) is 22.0 Å². The second-order valence-electron chi connectivity index (χ2n) is 11.5. The first kappa shape index (κ1) is 36.9. The molecule has 1 aliphatic heterocycles. The third-order valence-electron chi connectivity index (χ3n) is 7.85. The first-order valence-corrected chi connectivity index (χ1v) is 17.4. The molecule has 0 radical (unpaired) electrons. The summed E-state index contributed by atoms with van der Waals surface area (Å²) >= 11 is 0. The van der Waals surface area contributed by atoms with Crippen molar-refractivity contribution < 1.29 is 31.5 Å². The summed E-state index contributed by atoms with van der Waals surface area (Å²) in [6.07, 6.45) is 4.45. The van der Waals surface area contributed by atoms with E-state index in [-0.39, 0.29) is 41.9 Å². The van der Waals surface area contributed by atoms with E-state index in [0.717, 1.165) is 56.9 Å². The number of hydrogen-bond donors (Lipinski definition) is 1. The number of unbranched alkanes of at least 4 members (excludes halogenated alkanes) is 1. The number of piperidine rings is 1. The van der Waals surface area contributed by atoms with Crippen LogP contribution in [0.25, 0.3) is 0 Å². The SMILES string of the molecule is CCCCN(C(=O)Nc1cc(C(=O)CC)c(F)cc1F)C1CCN(Cc2ccc(Oc3ccc(CS(C)(=O)=O)cc3)cc2)CC1.Cl. The molecular formula is C34H42ClF2N3O5S. The molecule has 12 heteroatoms. The molecular weight excluding hydrogens is 636 g/mol. The molecule has 0 aromatic heterocycles. The number of carbonyl (C=O) groups is 2. The average molecular weight is 678 g/mol. The van der Waals surface area contributed by atoms with Crippen molar-refractivity contribution in [1.29, 1.82) is 0 Å². The first-order valence-electron chi connectivity index (χ1n) is 15.3. The molecule has 1 saturated heterocycles. The van der Waals surface area contributed by atoms with Gasteiger partial charge in [0.1, 0.15) is 23.1 Å². The molecule has 0 aliphatic carbocycles. The summed E-state index contributed by atoms with van der Waals surface area (Å²) in [5, 5.41) is 2.59. The van der Waals surface area contributed by atoms with Gasteiger partial charge in [-0.3, -0.25) is 9.69 Å². The normalized spacial score (nSPS) is 13.9. The average Bonchev–Trinajstić information content (AvgIpc) is 3.00. The molecule has 0 bridgehead atoms. The van der Waals surface area contributed by atoms with Crippen LogP contribution in [0.1, 0.15) is 67.4 Å². The van der Waals surface area contributed by atoms with Crippen LogP contribution in [0.2, 0.25) is 0 Å². The van der Waals surface area contributed by atoms with Crippen LogP contribution in [0, 0.1) is 11.6 Å². The van der Waals surface area contributed by atoms with Crippen molar-refractivity contribution in [1.82, 2.24) is 9.80 Å². The van der Waals surface area contributed by atoms with Crippen molar-refractivity contribution >= 4 is 39.7 Å². The molecule has 46 heavy (non-hydrogen) atoms. The molecule has 3 aromatic rings. The molecule has 3 aromatic carbocycles. The molecule has 0 saturated carbocycles. The number of Topliss-reactive ketones (excluding diaryl/α,β-unsaturated/α-hetero) is 1. The Morgan fingerprint density at radius 1 is 0.935 bits per heavy atom. The molecule has 8 nitrogen and oxygen atoms in total. The number of nitrogens with one attached hydrogen (secondary N) is 1. The summed E-state index contributed by atoms with van der Waals surface area (Å²) < 4.78 is 57.6. The first-order chi connectivity index (χ1) is 21.5. The Bertz CT molecular complexity index is 1580. The Morgan fingerprint density at radius 3 is 2.07 bits per heavy atom. The molecule has 250 valence electrons. The fourth-order valence-electron chi connectivity index (χ4n) is 5.42. The van der Waals surface area contributed by atoms with E-state index in [1.165, 1.54) is 6.26 Å². The largest absolute Gasteiger partial charge is 0.457 e. The van der Waals surface area contributed by atoms with E-state index in [1.54, 1.807) is 36.1 Å². The zero-order chi connectivity index (χ0) is 32.6. The van der Waals surface area contributed by atoms with Gasteiger partial charge in [-0.1, -0.05) is 44.5 Å². The second-order valence-corrected chi connectivity index (χ2v) is 13.7. The van der Waals surface area contributed by atoms with E-state index >= 15 is 0 Å². The van der Waals surface area contributed by atoms with Crippen LogP contribution in [-0.2, 0) is 22.1 Å². The molecule has 0 spiro atoms. The number of halogens is 3. The Hall–Kier alpha value is -3.54. The lowest BCUT2D eigenvalue weighted by molar-refractivity contribution is 0.0984. The summed E-state index contributed by atoms with van der Waals surface area (Å²) in [4.78, 5) is 29.5. The zero-order valence-corrected chi connectivity index (χ0v) is 28.1. The fraction of sp³-hybridized carbons (Fsp3) is 0.412. The minimum absolute atomic E-state index is 0. The van der Waals surface area contributed by atoms with Crippen molar-refractivity contribution in [3.63, 3.8) is 0 Å². The Kier molecular flexibility index (Phi) is 13.5. The maximum atomic E-state index is 14.6. The smallest absolute Gasteiger partial charge is 0.322 e. The van der Waals surface area contributed by atoms with Crippen molar-refractivity contribution in [2.45, 2.75) is 64.3 Å². The number of sulfone groups is 1. The second kappa shape index (κ2) is 16.9. The van der Waals surface area contributed by atoms with E-state index in [1.807, 2.05) is 31.2 Å². The maximum Gasteiger partial charge on any atom is 0.322 e. The summed E-state index contributed by atoms with van der Waals surface area (Å²) in [6.45, 7) is 6.44. The highest BCUT2D eigenvalue weighted by molar-refractivity contribution is 7.89. The van der Waals surface area contributed by atoms with Crippen LogP contribution in [0.15, 0.2) is 60.7 Å². The number of ketones is 1. The van der Waals surface area contributed by atoms with Crippen molar-refractivity contribution in [3.8, 4) is 11.5 Å². The third-order valence-corrected chi connectivity index (χ3v) is 8.71. The number of benzene rings is 3. The topological polar surface area (TPSA) is 96.0 Å². The molecule has 1 heterocycles. The minimum atomic E-state index is -3.10. The predicted molar refractivity (Wildman–Crippen MR) is 179 cm³/mol. The van der Waals surface area contributed by atoms with Crippen LogP contribution in [0.5, 0.6) is 11.5 Å². The lowest BCUT2D eigenvalue weighted by Crippen LogP contribution is -2.49. The van der Waals surface area contributed by atoms with Gasteiger partial charge in [-0.05, 0) is 60.7 Å². The van der Waals surface area contributed by atoms with Gasteiger partial charge in [0, 0.05) is 51.0 Å². The van der Waals surface area contributed by atoms with Crippen LogP contribution in [0.4, 0.5) is 19.3 Å². The summed E-state index contributed by atoms with van der Waals surface area (Å²) in [5.41, 5.74) is 1.39. The molecule has 4 rings (SSSR count). The monoisotopic (exact) mass is 677 g/mol. The van der Waals surface area contributed by atoms with E-state index in [4.69, 9.17) is 4.74 Å². The number of nitrogens with zero attached hydrogens (tertiary/aromatic N) is 2. The highest BCUT2D eigenvalue weighted by Crippen LogP contribution is 2.26. The molecule has 1 aliphatic rings. The van der Waals surface area contributed by atoms with Crippen molar-refractivity contribution in [3.05, 3.63) is 89.0 Å². The number of urea groups is 1. The number of anilines is 1. The standard InChI is InChI=1S/C34H41F2N3O5S.ClH/c1-4-6-17-39(34(41)37-32-20-29(33(40)5-2)30(35)21-31(32)36)26-15-18-38(19-16-26)22-24-7-11-27(12-8-24)44-28-13-9-25(10-14-28)23-45(3,42)43;/h7-14,20-21,26H,4-6,15-19,22-23H2,1-3H3,(H,37,41);1H. The van der Waals surface area contributed by atoms with E-state index in [9.17, 15) is 26.8 Å². The zero-order valence-electron chi connectivity index (χ0n) is 26.4. The number of rotatable bonds is 13. The van der Waals surface area contributed by atoms with E-state index in [2.05, 4.69) is 10.2 Å². The number of carbonyl (C=O) groups excluding carboxylic acids is 2. The summed E-state index contributed by atoms with van der Waals surface area (Å²) in [6, 6.07) is 16.1. The van der Waals surface area contributed by atoms with Crippen molar-refractivity contribution in [2.75, 3.05) is 31.2 Å². The Balaban J connectivity index is 0.00000576. The fourth-order valence-corrected chi connectivity index (χ4v) is 6.22. The highest BCUT2D eigenvalue weighted by Gasteiger charge is 2.28. The van der Waals surface area contributed by atoms with Gasteiger partial charge >= 0.3 is 6.03 Å². The quantitative estimate of drug-likeness (QED) is 0.187. The number of hydrogen-bond acceptors (Lipinski definition) is 6. The van der Waals surface area contributed by atoms with Gasteiger partial charge in [-0.2, -0.15) is 0 Å². The maximum absolute atomic E-state index is 14.6. The van der Waals surface area contributed by atoms with Gasteiger partial charge in [0.05, 0.1) is 17.0 Å². The molecule has 1 N–H and O–H groups in total. The lowest BCUT2D eigenvalue weighted by atomic mass is 10.0. The van der Waals surface area contributed by atoms with Gasteiger partial charge in [0.15, 0.2) is 15.6 Å². The Labute approximate surface area is 276 Å². The number of ether oxygens (including phenoxy) is 1. The van der Waals surface area contributed by atoms with Crippen LogP contribution < -0.4 is 10.1 Å². The van der Waals surface area contributed by atoms with Crippen molar-refractivity contribution in [2.24, 2.45) is 0 Å². The molecule has 0 unspecified atom stereocenters. The van der Waals surface area contributed by atoms with Gasteiger partial charge in [0.25, 0.3) is 0 Å². The highest BCUT2D eigenvalue weighted by atomic mass is 35.5. The van der Waals surface area contributed by atoms with Crippen LogP contribution in [-0.4, -0.2) is 62.0 Å². The molecule has 0 atom stereocenters. The number of likely N-dealkylation sites (tertiary alicyclic amines) is 1. The van der Waals surface area contributed by atoms with Gasteiger partial charge in [-0.15, -0.1) is 12.4 Å². The van der Waals surface area contributed by atoms with Crippen LogP contribution in [0.3, 0.4) is 0 Å². The predicted octanol–water partition coefficient (Wildman–Crippen LogP) is 7.61. The third kappa shape index (κ3) is 10.5. The lowest BCUT2D eigenvalue weighted by Gasteiger charge is -2.38. The van der Waals surface area contributed by atoms with E-state index in [0.29, 0.717) is 29.7 Å². The summed E-state index contributed by atoms with van der Waals surface area (Å²) in [5.74, 6) is -1.03. The molecule has 1 fully saturated rings. The van der Waals surface area contributed by atoms with E-state index < -0.39 is 33.3 Å².